The number of halogens is 1. The van der Waals surface area contributed by atoms with E-state index in [1.54, 1.807) is 0 Å². The molecule has 0 aliphatic rings. The van der Waals surface area contributed by atoms with Crippen molar-refractivity contribution >= 4 is 17.6 Å². The molecule has 0 aliphatic heterocycles. The molecule has 3 aromatic rings. The molecule has 6 nitrogen and oxygen atoms in total. The van der Waals surface area contributed by atoms with Crippen molar-refractivity contribution in [3.63, 3.8) is 0 Å². The Morgan fingerprint density at radius 3 is 2.29 bits per heavy atom. The number of aromatic carboxylic acids is 1. The van der Waals surface area contributed by atoms with Crippen LogP contribution in [0.25, 0.3) is 0 Å². The van der Waals surface area contributed by atoms with Crippen LogP contribution in [-0.2, 0) is 13.2 Å². The molecule has 0 bridgehead atoms. The van der Waals surface area contributed by atoms with Crippen molar-refractivity contribution in [2.75, 3.05) is 13.7 Å². The van der Waals surface area contributed by atoms with Gasteiger partial charge in [0.2, 0.25) is 0 Å². The topological polar surface area (TPSA) is 74.2 Å². The standard InChI is InChI=1S/C24H23ClO6/c1-3-29-21-11-17(9-10-20(21)30-14-16-7-5-4-6-8-16)15-31-23-19(25)12-18(24(26)27)13-22(23)28-2/h4-13H,3,14-15H2,1-2H3,(H,26,27). The highest BCUT2D eigenvalue weighted by molar-refractivity contribution is 6.32. The zero-order valence-electron chi connectivity index (χ0n) is 17.3. The van der Waals surface area contributed by atoms with E-state index in [1.807, 2.05) is 55.5 Å². The van der Waals surface area contributed by atoms with Gasteiger partial charge < -0.3 is 24.1 Å². The number of methoxy groups -OCH3 is 1. The van der Waals surface area contributed by atoms with Gasteiger partial charge in [-0.3, -0.25) is 0 Å². The molecule has 0 aromatic heterocycles. The first kappa shape index (κ1) is 22.3. The Bertz CT molecular complexity index is 1040. The van der Waals surface area contributed by atoms with Gasteiger partial charge in [0.1, 0.15) is 13.2 Å². The van der Waals surface area contributed by atoms with E-state index in [2.05, 4.69) is 0 Å². The molecule has 0 radical (unpaired) electrons. The van der Waals surface area contributed by atoms with E-state index in [0.717, 1.165) is 11.1 Å². The fourth-order valence-electron chi connectivity index (χ4n) is 2.90. The van der Waals surface area contributed by atoms with Gasteiger partial charge in [0, 0.05) is 0 Å². The average Bonchev–Trinajstić information content (AvgIpc) is 2.78. The van der Waals surface area contributed by atoms with Gasteiger partial charge in [0.05, 0.1) is 24.3 Å². The molecular formula is C24H23ClO6. The average molecular weight is 443 g/mol. The van der Waals surface area contributed by atoms with E-state index in [4.69, 9.17) is 30.5 Å². The molecule has 0 atom stereocenters. The second-order valence-electron chi connectivity index (χ2n) is 6.57. The predicted octanol–water partition coefficient (Wildman–Crippen LogP) is 5.60. The van der Waals surface area contributed by atoms with E-state index in [0.29, 0.717) is 24.7 Å². The minimum absolute atomic E-state index is 0.0211. The van der Waals surface area contributed by atoms with Crippen LogP contribution in [0.1, 0.15) is 28.4 Å². The quantitative estimate of drug-likeness (QED) is 0.440. The zero-order chi connectivity index (χ0) is 22.2. The molecule has 31 heavy (non-hydrogen) atoms. The van der Waals surface area contributed by atoms with Crippen molar-refractivity contribution in [3.05, 3.63) is 82.4 Å². The van der Waals surface area contributed by atoms with Crippen molar-refractivity contribution in [2.45, 2.75) is 20.1 Å². The number of ether oxygens (including phenoxy) is 4. The third kappa shape index (κ3) is 5.83. The number of carboxylic acid groups (broad SMARTS) is 1. The van der Waals surface area contributed by atoms with Gasteiger partial charge in [-0.1, -0.05) is 48.0 Å². The van der Waals surface area contributed by atoms with Crippen LogP contribution in [0.3, 0.4) is 0 Å². The molecule has 0 unspecified atom stereocenters. The highest BCUT2D eigenvalue weighted by atomic mass is 35.5. The van der Waals surface area contributed by atoms with Crippen molar-refractivity contribution < 1.29 is 28.8 Å². The van der Waals surface area contributed by atoms with Gasteiger partial charge >= 0.3 is 5.97 Å². The van der Waals surface area contributed by atoms with Crippen molar-refractivity contribution in [1.29, 1.82) is 0 Å². The zero-order valence-corrected chi connectivity index (χ0v) is 18.0. The summed E-state index contributed by atoms with van der Waals surface area (Å²) < 4.78 is 22.7. The number of rotatable bonds is 10. The smallest absolute Gasteiger partial charge is 0.335 e. The van der Waals surface area contributed by atoms with Crippen LogP contribution in [0, 0.1) is 0 Å². The number of hydrogen-bond acceptors (Lipinski definition) is 5. The first-order valence-electron chi connectivity index (χ1n) is 9.68. The summed E-state index contributed by atoms with van der Waals surface area (Å²) in [7, 11) is 1.43. The van der Waals surface area contributed by atoms with Crippen molar-refractivity contribution in [2.24, 2.45) is 0 Å². The van der Waals surface area contributed by atoms with Crippen LogP contribution in [-0.4, -0.2) is 24.8 Å². The summed E-state index contributed by atoms with van der Waals surface area (Å²) in [5, 5.41) is 9.33. The van der Waals surface area contributed by atoms with E-state index in [-0.39, 0.29) is 28.7 Å². The molecule has 0 spiro atoms. The van der Waals surface area contributed by atoms with Crippen LogP contribution in [0.15, 0.2) is 60.7 Å². The van der Waals surface area contributed by atoms with Gasteiger partial charge in [0.25, 0.3) is 0 Å². The van der Waals surface area contributed by atoms with Gasteiger partial charge in [0.15, 0.2) is 23.0 Å². The fraction of sp³-hybridized carbons (Fsp3) is 0.208. The molecule has 0 fully saturated rings. The van der Waals surface area contributed by atoms with Crippen molar-refractivity contribution in [1.82, 2.24) is 0 Å². The summed E-state index contributed by atoms with van der Waals surface area (Å²) in [6.45, 7) is 3.00. The van der Waals surface area contributed by atoms with E-state index < -0.39 is 5.97 Å². The lowest BCUT2D eigenvalue weighted by atomic mass is 10.2. The second kappa shape index (κ2) is 10.6. The maximum Gasteiger partial charge on any atom is 0.335 e. The first-order valence-corrected chi connectivity index (χ1v) is 10.1. The Morgan fingerprint density at radius 1 is 0.871 bits per heavy atom. The molecule has 3 aromatic carbocycles. The van der Waals surface area contributed by atoms with Gasteiger partial charge in [-0.2, -0.15) is 0 Å². The normalized spacial score (nSPS) is 10.4. The Morgan fingerprint density at radius 2 is 1.61 bits per heavy atom. The number of hydrogen-bond donors (Lipinski definition) is 1. The molecule has 0 saturated carbocycles. The highest BCUT2D eigenvalue weighted by Gasteiger charge is 2.16. The van der Waals surface area contributed by atoms with E-state index in [1.165, 1.54) is 19.2 Å². The molecule has 3 rings (SSSR count). The maximum absolute atomic E-state index is 11.2. The summed E-state index contributed by atoms with van der Waals surface area (Å²) in [6, 6.07) is 18.1. The van der Waals surface area contributed by atoms with Crippen LogP contribution < -0.4 is 18.9 Å². The molecule has 1 N–H and O–H groups in total. The van der Waals surface area contributed by atoms with Gasteiger partial charge in [-0.05, 0) is 42.3 Å². The fourth-order valence-corrected chi connectivity index (χ4v) is 3.17. The largest absolute Gasteiger partial charge is 0.493 e. The number of carboxylic acids is 1. The lowest BCUT2D eigenvalue weighted by molar-refractivity contribution is 0.0696. The van der Waals surface area contributed by atoms with E-state index >= 15 is 0 Å². The lowest BCUT2D eigenvalue weighted by Crippen LogP contribution is -2.03. The van der Waals surface area contributed by atoms with E-state index in [9.17, 15) is 9.90 Å². The monoisotopic (exact) mass is 442 g/mol. The highest BCUT2D eigenvalue weighted by Crippen LogP contribution is 2.37. The summed E-state index contributed by atoms with van der Waals surface area (Å²) in [5.41, 5.74) is 1.91. The Balaban J connectivity index is 1.75. The number of benzene rings is 3. The molecule has 0 amide bonds. The molecule has 0 saturated heterocycles. The molecule has 0 heterocycles. The second-order valence-corrected chi connectivity index (χ2v) is 6.98. The molecule has 0 aliphatic carbocycles. The maximum atomic E-state index is 11.2. The van der Waals surface area contributed by atoms with Crippen LogP contribution in [0.4, 0.5) is 0 Å². The first-order chi connectivity index (χ1) is 15.0. The third-order valence-electron chi connectivity index (χ3n) is 4.40. The lowest BCUT2D eigenvalue weighted by Gasteiger charge is -2.16. The molecule has 162 valence electrons. The van der Waals surface area contributed by atoms with Gasteiger partial charge in [-0.15, -0.1) is 0 Å². The Kier molecular flexibility index (Phi) is 7.62. The Hall–Kier alpha value is -3.38. The number of carbonyl (C=O) groups is 1. The summed E-state index contributed by atoms with van der Waals surface area (Å²) in [5.74, 6) is 0.670. The van der Waals surface area contributed by atoms with Crippen LogP contribution in [0.2, 0.25) is 5.02 Å². The Labute approximate surface area is 185 Å². The van der Waals surface area contributed by atoms with Gasteiger partial charge in [-0.25, -0.2) is 4.79 Å². The van der Waals surface area contributed by atoms with Crippen LogP contribution >= 0.6 is 11.6 Å². The summed E-state index contributed by atoms with van der Waals surface area (Å²) in [4.78, 5) is 11.2. The predicted molar refractivity (Wildman–Crippen MR) is 118 cm³/mol. The minimum atomic E-state index is -1.10. The van der Waals surface area contributed by atoms with Crippen LogP contribution in [0.5, 0.6) is 23.0 Å². The SMILES string of the molecule is CCOc1cc(COc2c(Cl)cc(C(=O)O)cc2OC)ccc1OCc1ccccc1. The summed E-state index contributed by atoms with van der Waals surface area (Å²) >= 11 is 6.22. The third-order valence-corrected chi connectivity index (χ3v) is 4.69. The van der Waals surface area contributed by atoms with Crippen molar-refractivity contribution in [3.8, 4) is 23.0 Å². The molecular weight excluding hydrogens is 420 g/mol. The summed E-state index contributed by atoms with van der Waals surface area (Å²) in [6.07, 6.45) is 0. The minimum Gasteiger partial charge on any atom is -0.493 e. The molecule has 7 heteroatoms.